The van der Waals surface area contributed by atoms with Crippen LogP contribution in [0.1, 0.15) is 50.4 Å². The van der Waals surface area contributed by atoms with Crippen molar-refractivity contribution >= 4 is 11.3 Å². The van der Waals surface area contributed by atoms with E-state index in [4.69, 9.17) is 15.5 Å². The van der Waals surface area contributed by atoms with Gasteiger partial charge in [0.2, 0.25) is 0 Å². The van der Waals surface area contributed by atoms with Gasteiger partial charge in [-0.1, -0.05) is 19.8 Å². The minimum Gasteiger partial charge on any atom is -0.497 e. The summed E-state index contributed by atoms with van der Waals surface area (Å²) in [6.45, 7) is 4.38. The number of pyridine rings is 1. The first kappa shape index (κ1) is 17.0. The van der Waals surface area contributed by atoms with E-state index in [1.165, 1.54) is 31.4 Å². The molecule has 0 spiro atoms. The fourth-order valence-corrected chi connectivity index (χ4v) is 4.61. The van der Waals surface area contributed by atoms with E-state index in [0.717, 1.165) is 40.5 Å². The normalized spacial score (nSPS) is 16.5. The SMILES string of the molecule is CCC1(c2cc(OC)cc(-c3cc(C)n4c3cc(N)n4C)n2)CCCC1. The molecule has 2 N–H and O–H groups in total. The second-order valence-corrected chi connectivity index (χ2v) is 7.61. The first-order chi connectivity index (χ1) is 12.5. The zero-order chi connectivity index (χ0) is 18.5. The summed E-state index contributed by atoms with van der Waals surface area (Å²) in [5, 5.41) is 0. The van der Waals surface area contributed by atoms with Gasteiger partial charge in [-0.15, -0.1) is 0 Å². The average Bonchev–Trinajstić information content (AvgIpc) is 3.33. The van der Waals surface area contributed by atoms with E-state index in [1.807, 2.05) is 23.9 Å². The third-order valence-corrected chi connectivity index (χ3v) is 6.24. The van der Waals surface area contributed by atoms with E-state index >= 15 is 0 Å². The fraction of sp³-hybridized carbons (Fsp3) is 0.476. The third kappa shape index (κ3) is 2.41. The first-order valence-corrected chi connectivity index (χ1v) is 9.49. The van der Waals surface area contributed by atoms with Gasteiger partial charge in [0.05, 0.1) is 24.0 Å². The summed E-state index contributed by atoms with van der Waals surface area (Å²) in [6.07, 6.45) is 6.12. The molecule has 0 aliphatic heterocycles. The number of nitrogens with two attached hydrogens (primary N) is 1. The molecule has 138 valence electrons. The predicted molar refractivity (Wildman–Crippen MR) is 106 cm³/mol. The Labute approximate surface area is 154 Å². The van der Waals surface area contributed by atoms with Gasteiger partial charge in [0.25, 0.3) is 0 Å². The quantitative estimate of drug-likeness (QED) is 0.754. The Morgan fingerprint density at radius 2 is 1.92 bits per heavy atom. The molecule has 0 atom stereocenters. The summed E-state index contributed by atoms with van der Waals surface area (Å²) in [6, 6.07) is 8.39. The van der Waals surface area contributed by atoms with Gasteiger partial charge in [0.15, 0.2) is 0 Å². The molecule has 0 unspecified atom stereocenters. The maximum absolute atomic E-state index is 6.14. The molecule has 1 aliphatic carbocycles. The van der Waals surface area contributed by atoms with Crippen molar-refractivity contribution in [3.05, 3.63) is 35.7 Å². The number of hydrogen-bond donors (Lipinski definition) is 1. The van der Waals surface area contributed by atoms with E-state index in [-0.39, 0.29) is 5.41 Å². The molecule has 3 aromatic heterocycles. The highest BCUT2D eigenvalue weighted by Crippen LogP contribution is 2.44. The van der Waals surface area contributed by atoms with Crippen LogP contribution in [-0.4, -0.2) is 21.3 Å². The number of aryl methyl sites for hydroxylation is 2. The van der Waals surface area contributed by atoms with Crippen LogP contribution in [0.3, 0.4) is 0 Å². The van der Waals surface area contributed by atoms with E-state index in [1.54, 1.807) is 7.11 Å². The number of ether oxygens (including phenoxy) is 1. The van der Waals surface area contributed by atoms with Gasteiger partial charge in [0.1, 0.15) is 11.6 Å². The molecule has 1 saturated carbocycles. The van der Waals surface area contributed by atoms with Crippen LogP contribution in [-0.2, 0) is 12.5 Å². The lowest BCUT2D eigenvalue weighted by Crippen LogP contribution is -2.22. The maximum atomic E-state index is 6.14. The number of nitrogen functional groups attached to an aromatic ring is 1. The molecule has 3 aromatic rings. The fourth-order valence-electron chi connectivity index (χ4n) is 4.61. The number of hydrogen-bond acceptors (Lipinski definition) is 3. The Kier molecular flexibility index (Phi) is 3.98. The summed E-state index contributed by atoms with van der Waals surface area (Å²) < 4.78 is 9.74. The summed E-state index contributed by atoms with van der Waals surface area (Å²) in [5.41, 5.74) is 11.8. The van der Waals surface area contributed by atoms with Gasteiger partial charge in [0, 0.05) is 41.9 Å². The van der Waals surface area contributed by atoms with Crippen LogP contribution in [0.4, 0.5) is 5.82 Å². The van der Waals surface area contributed by atoms with Crippen molar-refractivity contribution in [3.63, 3.8) is 0 Å². The molecule has 1 aliphatic rings. The highest BCUT2D eigenvalue weighted by atomic mass is 16.5. The van der Waals surface area contributed by atoms with Crippen LogP contribution in [0, 0.1) is 6.92 Å². The summed E-state index contributed by atoms with van der Waals surface area (Å²) in [7, 11) is 3.71. The van der Waals surface area contributed by atoms with Gasteiger partial charge in [-0.3, -0.25) is 14.2 Å². The molecular weight excluding hydrogens is 324 g/mol. The zero-order valence-electron chi connectivity index (χ0n) is 16.2. The number of anilines is 1. The van der Waals surface area contributed by atoms with Crippen molar-refractivity contribution in [3.8, 4) is 17.0 Å². The van der Waals surface area contributed by atoms with Crippen LogP contribution in [0.2, 0.25) is 0 Å². The van der Waals surface area contributed by atoms with Crippen LogP contribution >= 0.6 is 0 Å². The van der Waals surface area contributed by atoms with Crippen molar-refractivity contribution in [1.82, 2.24) is 14.2 Å². The number of methoxy groups -OCH3 is 1. The lowest BCUT2D eigenvalue weighted by Gasteiger charge is -2.27. The number of aromatic nitrogens is 3. The smallest absolute Gasteiger partial charge is 0.122 e. The Morgan fingerprint density at radius 1 is 1.19 bits per heavy atom. The van der Waals surface area contributed by atoms with E-state index in [2.05, 4.69) is 30.5 Å². The molecular formula is C21H28N4O. The molecule has 4 rings (SSSR count). The number of nitrogens with zero attached hydrogens (tertiary/aromatic N) is 3. The Hall–Kier alpha value is -2.43. The predicted octanol–water partition coefficient (Wildman–Crippen LogP) is 4.46. The van der Waals surface area contributed by atoms with Crippen LogP contribution in [0.25, 0.3) is 16.8 Å². The largest absolute Gasteiger partial charge is 0.497 e. The molecule has 0 saturated heterocycles. The van der Waals surface area contributed by atoms with Crippen molar-refractivity contribution in [1.29, 1.82) is 0 Å². The third-order valence-electron chi connectivity index (χ3n) is 6.24. The Morgan fingerprint density at radius 3 is 2.58 bits per heavy atom. The summed E-state index contributed by atoms with van der Waals surface area (Å²) in [4.78, 5) is 5.14. The van der Waals surface area contributed by atoms with E-state index in [9.17, 15) is 0 Å². The average molecular weight is 352 g/mol. The van der Waals surface area contributed by atoms with Gasteiger partial charge < -0.3 is 10.5 Å². The standard InChI is InChI=1S/C21H28N4O/c1-5-21(8-6-7-9-21)19-12-15(26-4)11-17(23-19)16-10-14(2)25-18(16)13-20(22)24(25)3/h10-13H,5-9,22H2,1-4H3. The second-order valence-electron chi connectivity index (χ2n) is 7.61. The van der Waals surface area contributed by atoms with Gasteiger partial charge in [-0.05, 0) is 32.3 Å². The highest BCUT2D eigenvalue weighted by molar-refractivity contribution is 5.82. The molecule has 5 nitrogen and oxygen atoms in total. The molecule has 0 aromatic carbocycles. The topological polar surface area (TPSA) is 57.5 Å². The minimum absolute atomic E-state index is 0.187. The lowest BCUT2D eigenvalue weighted by molar-refractivity contribution is 0.394. The highest BCUT2D eigenvalue weighted by Gasteiger charge is 2.36. The molecule has 0 radical (unpaired) electrons. The molecule has 0 amide bonds. The summed E-state index contributed by atoms with van der Waals surface area (Å²) >= 11 is 0. The zero-order valence-corrected chi connectivity index (χ0v) is 16.2. The Bertz CT molecular complexity index is 960. The second kappa shape index (κ2) is 6.08. The minimum atomic E-state index is 0.187. The van der Waals surface area contributed by atoms with Crippen molar-refractivity contribution in [2.45, 2.75) is 51.4 Å². The first-order valence-electron chi connectivity index (χ1n) is 9.49. The van der Waals surface area contributed by atoms with Crippen LogP contribution in [0.5, 0.6) is 5.75 Å². The molecule has 1 fully saturated rings. The lowest BCUT2D eigenvalue weighted by atomic mass is 9.79. The maximum Gasteiger partial charge on any atom is 0.122 e. The number of fused-ring (bicyclic) bond motifs is 1. The Balaban J connectivity index is 1.93. The monoisotopic (exact) mass is 352 g/mol. The van der Waals surface area contributed by atoms with Crippen LogP contribution in [0.15, 0.2) is 24.3 Å². The number of rotatable bonds is 4. The van der Waals surface area contributed by atoms with Gasteiger partial charge >= 0.3 is 0 Å². The molecule has 3 heterocycles. The summed E-state index contributed by atoms with van der Waals surface area (Å²) in [5.74, 6) is 1.62. The van der Waals surface area contributed by atoms with Crippen molar-refractivity contribution in [2.75, 3.05) is 12.8 Å². The van der Waals surface area contributed by atoms with Crippen LogP contribution < -0.4 is 10.5 Å². The van der Waals surface area contributed by atoms with Gasteiger partial charge in [-0.25, -0.2) is 0 Å². The molecule has 0 bridgehead atoms. The molecule has 26 heavy (non-hydrogen) atoms. The van der Waals surface area contributed by atoms with Gasteiger partial charge in [-0.2, -0.15) is 0 Å². The van der Waals surface area contributed by atoms with Crippen molar-refractivity contribution in [2.24, 2.45) is 7.05 Å². The van der Waals surface area contributed by atoms with E-state index < -0.39 is 0 Å². The van der Waals surface area contributed by atoms with E-state index in [0.29, 0.717) is 0 Å². The molecule has 5 heteroatoms. The van der Waals surface area contributed by atoms with Crippen molar-refractivity contribution < 1.29 is 4.74 Å².